The van der Waals surface area contributed by atoms with Gasteiger partial charge in [-0.3, -0.25) is 9.59 Å². The topological polar surface area (TPSA) is 74.8 Å². The van der Waals surface area contributed by atoms with E-state index in [9.17, 15) is 9.59 Å². The maximum Gasteiger partial charge on any atom is 0.271 e. The number of halogens is 1. The first-order chi connectivity index (χ1) is 7.54. The molecule has 1 aromatic rings. The van der Waals surface area contributed by atoms with Crippen molar-refractivity contribution in [1.82, 2.24) is 15.5 Å². The van der Waals surface area contributed by atoms with Crippen LogP contribution in [0.2, 0.25) is 0 Å². The molecule has 1 amide bonds. The maximum absolute atomic E-state index is 11.7. The monoisotopic (exact) mass is 335 g/mol. The third-order valence-corrected chi connectivity index (χ3v) is 3.15. The van der Waals surface area contributed by atoms with E-state index in [0.717, 1.165) is 4.43 Å². The summed E-state index contributed by atoms with van der Waals surface area (Å²) in [7, 11) is 0. The normalized spacial score (nSPS) is 12.5. The fourth-order valence-corrected chi connectivity index (χ4v) is 2.33. The van der Waals surface area contributed by atoms with E-state index in [2.05, 4.69) is 38.1 Å². The molecule has 0 spiro atoms. The molecular formula is C10H14IN3O2. The van der Waals surface area contributed by atoms with Gasteiger partial charge in [0.2, 0.25) is 0 Å². The van der Waals surface area contributed by atoms with Gasteiger partial charge in [0.25, 0.3) is 11.5 Å². The number of carbonyl (C=O) groups excluding carboxylic acids is 1. The second-order valence-electron chi connectivity index (χ2n) is 3.78. The molecule has 0 radical (unpaired) electrons. The van der Waals surface area contributed by atoms with Crippen LogP contribution >= 0.6 is 22.6 Å². The van der Waals surface area contributed by atoms with Crippen molar-refractivity contribution >= 4 is 28.5 Å². The minimum atomic E-state index is -0.314. The van der Waals surface area contributed by atoms with Gasteiger partial charge < -0.3 is 5.32 Å². The molecule has 0 aliphatic heterocycles. The van der Waals surface area contributed by atoms with Crippen LogP contribution in [0.1, 0.15) is 24.3 Å². The van der Waals surface area contributed by atoms with E-state index >= 15 is 0 Å². The molecule has 2 N–H and O–H groups in total. The molecule has 6 heteroatoms. The Bertz CT molecular complexity index is 396. The van der Waals surface area contributed by atoms with E-state index in [-0.39, 0.29) is 23.2 Å². The Morgan fingerprint density at radius 3 is 2.69 bits per heavy atom. The Morgan fingerprint density at radius 2 is 2.25 bits per heavy atom. The number of amides is 1. The fourth-order valence-electron chi connectivity index (χ4n) is 1.10. The number of nitrogens with zero attached hydrogens (tertiary/aromatic N) is 1. The van der Waals surface area contributed by atoms with E-state index in [1.54, 1.807) is 0 Å². The highest BCUT2D eigenvalue weighted by atomic mass is 127. The molecule has 1 unspecified atom stereocenters. The zero-order valence-electron chi connectivity index (χ0n) is 9.16. The maximum atomic E-state index is 11.7. The van der Waals surface area contributed by atoms with Crippen molar-refractivity contribution in [1.29, 1.82) is 0 Å². The lowest BCUT2D eigenvalue weighted by Crippen LogP contribution is -2.40. The molecule has 0 bridgehead atoms. The van der Waals surface area contributed by atoms with Gasteiger partial charge in [-0.05, 0) is 12.0 Å². The van der Waals surface area contributed by atoms with Gasteiger partial charge in [-0.1, -0.05) is 36.4 Å². The number of aromatic nitrogens is 2. The van der Waals surface area contributed by atoms with Crippen molar-refractivity contribution in [2.75, 3.05) is 4.43 Å². The Labute approximate surface area is 107 Å². The quantitative estimate of drug-likeness (QED) is 0.636. The zero-order chi connectivity index (χ0) is 12.1. The molecule has 0 saturated heterocycles. The summed E-state index contributed by atoms with van der Waals surface area (Å²) in [5, 5.41) is 8.78. The molecule has 1 heterocycles. The van der Waals surface area contributed by atoms with Crippen LogP contribution in [0.3, 0.4) is 0 Å². The SMILES string of the molecule is CC(C)C(CI)NC(=O)c1ccc(=O)[nH]n1. The van der Waals surface area contributed by atoms with E-state index in [1.165, 1.54) is 12.1 Å². The molecule has 5 nitrogen and oxygen atoms in total. The first-order valence-corrected chi connectivity index (χ1v) is 6.49. The van der Waals surface area contributed by atoms with Gasteiger partial charge in [-0.25, -0.2) is 5.10 Å². The van der Waals surface area contributed by atoms with Crippen molar-refractivity contribution in [3.8, 4) is 0 Å². The van der Waals surface area contributed by atoms with Crippen LogP contribution in [0.4, 0.5) is 0 Å². The van der Waals surface area contributed by atoms with Crippen LogP contribution in [-0.4, -0.2) is 26.6 Å². The lowest BCUT2D eigenvalue weighted by Gasteiger charge is -2.19. The summed E-state index contributed by atoms with van der Waals surface area (Å²) >= 11 is 2.23. The van der Waals surface area contributed by atoms with Gasteiger partial charge in [-0.2, -0.15) is 5.10 Å². The largest absolute Gasteiger partial charge is 0.347 e. The van der Waals surface area contributed by atoms with Crippen LogP contribution in [0.5, 0.6) is 0 Å². The summed E-state index contributed by atoms with van der Waals surface area (Å²) in [4.78, 5) is 22.5. The summed E-state index contributed by atoms with van der Waals surface area (Å²) in [6.07, 6.45) is 0. The van der Waals surface area contributed by atoms with E-state index in [1.807, 2.05) is 13.8 Å². The van der Waals surface area contributed by atoms with Crippen LogP contribution in [0.25, 0.3) is 0 Å². The van der Waals surface area contributed by atoms with E-state index in [4.69, 9.17) is 0 Å². The first kappa shape index (κ1) is 13.1. The predicted octanol–water partition coefficient (Wildman–Crippen LogP) is 0.959. The van der Waals surface area contributed by atoms with Crippen LogP contribution in [0.15, 0.2) is 16.9 Å². The molecule has 88 valence electrons. The predicted molar refractivity (Wildman–Crippen MR) is 69.8 cm³/mol. The highest BCUT2D eigenvalue weighted by Gasteiger charge is 2.16. The zero-order valence-corrected chi connectivity index (χ0v) is 11.3. The molecule has 0 aliphatic carbocycles. The van der Waals surface area contributed by atoms with Gasteiger partial charge >= 0.3 is 0 Å². The summed E-state index contributed by atoms with van der Waals surface area (Å²) < 4.78 is 0.838. The Hall–Kier alpha value is -0.920. The molecule has 16 heavy (non-hydrogen) atoms. The second-order valence-corrected chi connectivity index (χ2v) is 4.67. The number of alkyl halides is 1. The minimum absolute atomic E-state index is 0.113. The lowest BCUT2D eigenvalue weighted by molar-refractivity contribution is 0.0926. The number of rotatable bonds is 4. The third kappa shape index (κ3) is 3.58. The third-order valence-electron chi connectivity index (χ3n) is 2.20. The van der Waals surface area contributed by atoms with Crippen molar-refractivity contribution in [3.05, 3.63) is 28.2 Å². The van der Waals surface area contributed by atoms with Crippen molar-refractivity contribution in [2.24, 2.45) is 5.92 Å². The van der Waals surface area contributed by atoms with Crippen LogP contribution in [0, 0.1) is 5.92 Å². The number of hydrogen-bond acceptors (Lipinski definition) is 3. The average molecular weight is 335 g/mol. The number of H-pyrrole nitrogens is 1. The van der Waals surface area contributed by atoms with Gasteiger partial charge in [0.15, 0.2) is 0 Å². The van der Waals surface area contributed by atoms with Crippen molar-refractivity contribution < 1.29 is 4.79 Å². The Balaban J connectivity index is 2.71. The lowest BCUT2D eigenvalue weighted by atomic mass is 10.1. The first-order valence-electron chi connectivity index (χ1n) is 4.97. The van der Waals surface area contributed by atoms with Gasteiger partial charge in [0, 0.05) is 16.5 Å². The van der Waals surface area contributed by atoms with Gasteiger partial charge in [0.05, 0.1) is 0 Å². The summed E-state index contributed by atoms with van der Waals surface area (Å²) in [6, 6.07) is 2.82. The number of carbonyl (C=O) groups is 1. The molecule has 1 aromatic heterocycles. The van der Waals surface area contributed by atoms with E-state index < -0.39 is 0 Å². The highest BCUT2D eigenvalue weighted by Crippen LogP contribution is 2.05. The Morgan fingerprint density at radius 1 is 1.56 bits per heavy atom. The second kappa shape index (κ2) is 5.97. The minimum Gasteiger partial charge on any atom is -0.347 e. The standard InChI is InChI=1S/C10H14IN3O2/c1-6(2)8(5-11)12-10(16)7-3-4-9(15)14-13-7/h3-4,6,8H,5H2,1-2H3,(H,12,16)(H,14,15). The molecule has 1 rings (SSSR count). The molecular weight excluding hydrogens is 321 g/mol. The summed E-state index contributed by atoms with van der Waals surface area (Å²) in [6.45, 7) is 4.09. The number of aromatic amines is 1. The van der Waals surface area contributed by atoms with Crippen molar-refractivity contribution in [3.63, 3.8) is 0 Å². The average Bonchev–Trinajstić information content (AvgIpc) is 2.26. The smallest absolute Gasteiger partial charge is 0.271 e. The van der Waals surface area contributed by atoms with E-state index in [0.29, 0.717) is 5.92 Å². The molecule has 0 saturated carbocycles. The molecule has 0 aromatic carbocycles. The Kier molecular flexibility index (Phi) is 4.91. The summed E-state index contributed by atoms with van der Waals surface area (Å²) in [5.74, 6) is 0.107. The van der Waals surface area contributed by atoms with Gasteiger partial charge in [0.1, 0.15) is 5.69 Å². The van der Waals surface area contributed by atoms with Crippen LogP contribution in [-0.2, 0) is 0 Å². The number of nitrogens with one attached hydrogen (secondary N) is 2. The molecule has 0 fully saturated rings. The van der Waals surface area contributed by atoms with Crippen molar-refractivity contribution in [2.45, 2.75) is 19.9 Å². The number of hydrogen-bond donors (Lipinski definition) is 2. The fraction of sp³-hybridized carbons (Fsp3) is 0.500. The molecule has 0 aliphatic rings. The van der Waals surface area contributed by atoms with Gasteiger partial charge in [-0.15, -0.1) is 0 Å². The highest BCUT2D eigenvalue weighted by molar-refractivity contribution is 14.1. The molecule has 1 atom stereocenters. The summed E-state index contributed by atoms with van der Waals surface area (Å²) in [5.41, 5.74) is -0.0825. The van der Waals surface area contributed by atoms with Crippen LogP contribution < -0.4 is 10.9 Å².